The highest BCUT2D eigenvalue weighted by Crippen LogP contribution is 2.30. The first-order chi connectivity index (χ1) is 11.0. The van der Waals surface area contributed by atoms with Crippen LogP contribution in [-0.4, -0.2) is 16.4 Å². The number of carbonyl (C=O) groups is 2. The highest BCUT2D eigenvalue weighted by Gasteiger charge is 2.29. The summed E-state index contributed by atoms with van der Waals surface area (Å²) in [5, 5.41) is 5.89. The Morgan fingerprint density at radius 1 is 1.17 bits per heavy atom. The third-order valence-electron chi connectivity index (χ3n) is 4.15. The molecule has 1 aromatic carbocycles. The molecular formula is C18H21N3O2. The molecule has 1 aromatic heterocycles. The van der Waals surface area contributed by atoms with Gasteiger partial charge >= 0.3 is 0 Å². The molecule has 0 aliphatic heterocycles. The van der Waals surface area contributed by atoms with Gasteiger partial charge in [-0.25, -0.2) is 0 Å². The highest BCUT2D eigenvalue weighted by atomic mass is 16.2. The van der Waals surface area contributed by atoms with E-state index in [1.807, 2.05) is 50.5 Å². The van der Waals surface area contributed by atoms with Crippen LogP contribution in [0.5, 0.6) is 0 Å². The Labute approximate surface area is 135 Å². The summed E-state index contributed by atoms with van der Waals surface area (Å²) in [6.45, 7) is 1.94. The average molecular weight is 311 g/mol. The van der Waals surface area contributed by atoms with E-state index in [9.17, 15) is 9.59 Å². The van der Waals surface area contributed by atoms with Gasteiger partial charge in [-0.2, -0.15) is 0 Å². The second-order valence-electron chi connectivity index (χ2n) is 6.09. The lowest BCUT2D eigenvalue weighted by Crippen LogP contribution is -2.28. The summed E-state index contributed by atoms with van der Waals surface area (Å²) in [6.07, 6.45) is 3.83. The highest BCUT2D eigenvalue weighted by molar-refractivity contribution is 5.94. The molecule has 1 heterocycles. The van der Waals surface area contributed by atoms with Crippen LogP contribution in [0.25, 0.3) is 0 Å². The molecule has 2 N–H and O–H groups in total. The number of hydrogen-bond acceptors (Lipinski definition) is 2. The molecule has 1 aliphatic carbocycles. The molecule has 1 atom stereocenters. The number of nitrogens with one attached hydrogen (secondary N) is 2. The molecule has 0 radical (unpaired) electrons. The molecule has 2 amide bonds. The first kappa shape index (κ1) is 15.3. The molecule has 23 heavy (non-hydrogen) atoms. The zero-order chi connectivity index (χ0) is 16.4. The summed E-state index contributed by atoms with van der Waals surface area (Å²) < 4.78 is 1.79. The van der Waals surface area contributed by atoms with Crippen molar-refractivity contribution in [2.75, 3.05) is 5.32 Å². The minimum absolute atomic E-state index is 0.0998. The number of amides is 2. The van der Waals surface area contributed by atoms with Crippen molar-refractivity contribution >= 4 is 17.5 Å². The summed E-state index contributed by atoms with van der Waals surface area (Å²) in [4.78, 5) is 23.9. The summed E-state index contributed by atoms with van der Waals surface area (Å²) >= 11 is 0. The van der Waals surface area contributed by atoms with Crippen LogP contribution >= 0.6 is 0 Å². The van der Waals surface area contributed by atoms with Crippen LogP contribution in [0.4, 0.5) is 5.69 Å². The quantitative estimate of drug-likeness (QED) is 0.892. The van der Waals surface area contributed by atoms with Crippen LogP contribution in [0.2, 0.25) is 0 Å². The van der Waals surface area contributed by atoms with E-state index in [4.69, 9.17) is 0 Å². The number of nitrogens with zero attached hydrogens (tertiary/aromatic N) is 1. The number of anilines is 1. The van der Waals surface area contributed by atoms with E-state index < -0.39 is 0 Å². The van der Waals surface area contributed by atoms with E-state index in [1.54, 1.807) is 10.6 Å². The number of hydrogen-bond donors (Lipinski definition) is 2. The minimum Gasteiger partial charge on any atom is -0.347 e. The van der Waals surface area contributed by atoms with Crippen molar-refractivity contribution < 1.29 is 9.59 Å². The van der Waals surface area contributed by atoms with Gasteiger partial charge in [-0.05, 0) is 49.6 Å². The minimum atomic E-state index is -0.106. The van der Waals surface area contributed by atoms with E-state index in [0.717, 1.165) is 24.1 Å². The number of aryl methyl sites for hydroxylation is 1. The summed E-state index contributed by atoms with van der Waals surface area (Å²) in [7, 11) is 1.84. The van der Waals surface area contributed by atoms with Crippen LogP contribution < -0.4 is 10.6 Å². The standard InChI is InChI=1S/C18H21N3O2/c1-12(19-18(23)16-4-3-11-21(16)2)13-7-9-15(10-8-13)20-17(22)14-5-6-14/h3-4,7-12,14H,5-6H2,1-2H3,(H,19,23)(H,20,22). The zero-order valence-electron chi connectivity index (χ0n) is 13.4. The molecule has 2 aromatic rings. The van der Waals surface area contributed by atoms with E-state index >= 15 is 0 Å². The summed E-state index contributed by atoms with van der Waals surface area (Å²) in [5.41, 5.74) is 2.42. The molecule has 1 saturated carbocycles. The fourth-order valence-electron chi connectivity index (χ4n) is 2.50. The maximum atomic E-state index is 12.2. The van der Waals surface area contributed by atoms with Crippen LogP contribution in [0.1, 0.15) is 41.9 Å². The molecule has 1 aliphatic rings. The van der Waals surface area contributed by atoms with Gasteiger partial charge in [0.1, 0.15) is 5.69 Å². The molecule has 1 fully saturated rings. The molecule has 0 saturated heterocycles. The Bertz CT molecular complexity index is 714. The second-order valence-corrected chi connectivity index (χ2v) is 6.09. The van der Waals surface area contributed by atoms with Crippen molar-refractivity contribution in [1.82, 2.24) is 9.88 Å². The van der Waals surface area contributed by atoms with Gasteiger partial charge in [-0.15, -0.1) is 0 Å². The van der Waals surface area contributed by atoms with Gasteiger partial charge in [0.05, 0.1) is 6.04 Å². The van der Waals surface area contributed by atoms with Crippen molar-refractivity contribution in [1.29, 1.82) is 0 Å². The van der Waals surface area contributed by atoms with Gasteiger partial charge in [0.15, 0.2) is 0 Å². The average Bonchev–Trinajstić information content (AvgIpc) is 3.29. The molecule has 3 rings (SSSR count). The monoisotopic (exact) mass is 311 g/mol. The number of carbonyl (C=O) groups excluding carboxylic acids is 2. The smallest absolute Gasteiger partial charge is 0.268 e. The third-order valence-corrected chi connectivity index (χ3v) is 4.15. The van der Waals surface area contributed by atoms with Gasteiger partial charge in [0, 0.05) is 24.8 Å². The Balaban J connectivity index is 1.61. The van der Waals surface area contributed by atoms with Crippen molar-refractivity contribution in [3.05, 3.63) is 53.9 Å². The van der Waals surface area contributed by atoms with Gasteiger partial charge in [-0.3, -0.25) is 9.59 Å². The topological polar surface area (TPSA) is 63.1 Å². The lowest BCUT2D eigenvalue weighted by atomic mass is 10.1. The Morgan fingerprint density at radius 2 is 1.87 bits per heavy atom. The summed E-state index contributed by atoms with van der Waals surface area (Å²) in [6, 6.07) is 11.1. The molecule has 5 heteroatoms. The predicted molar refractivity (Wildman–Crippen MR) is 89.1 cm³/mol. The van der Waals surface area contributed by atoms with E-state index in [0.29, 0.717) is 5.69 Å². The largest absolute Gasteiger partial charge is 0.347 e. The van der Waals surface area contributed by atoms with Gasteiger partial charge in [-0.1, -0.05) is 12.1 Å². The predicted octanol–water partition coefficient (Wildman–Crippen LogP) is 2.86. The lowest BCUT2D eigenvalue weighted by molar-refractivity contribution is -0.117. The van der Waals surface area contributed by atoms with Crippen molar-refractivity contribution in [3.8, 4) is 0 Å². The van der Waals surface area contributed by atoms with Crippen molar-refractivity contribution in [2.45, 2.75) is 25.8 Å². The molecule has 5 nitrogen and oxygen atoms in total. The number of rotatable bonds is 5. The van der Waals surface area contributed by atoms with Crippen LogP contribution in [0.3, 0.4) is 0 Å². The van der Waals surface area contributed by atoms with Crippen molar-refractivity contribution in [3.63, 3.8) is 0 Å². The second kappa shape index (κ2) is 6.28. The van der Waals surface area contributed by atoms with Crippen LogP contribution in [0, 0.1) is 5.92 Å². The first-order valence-corrected chi connectivity index (χ1v) is 7.87. The number of benzene rings is 1. The molecule has 0 bridgehead atoms. The number of aromatic nitrogens is 1. The third kappa shape index (κ3) is 3.62. The zero-order valence-corrected chi connectivity index (χ0v) is 13.4. The first-order valence-electron chi connectivity index (χ1n) is 7.87. The van der Waals surface area contributed by atoms with Crippen LogP contribution in [0.15, 0.2) is 42.6 Å². The molecule has 1 unspecified atom stereocenters. The van der Waals surface area contributed by atoms with Gasteiger partial charge in [0.25, 0.3) is 5.91 Å². The maximum Gasteiger partial charge on any atom is 0.268 e. The van der Waals surface area contributed by atoms with Gasteiger partial charge < -0.3 is 15.2 Å². The Kier molecular flexibility index (Phi) is 4.19. The summed E-state index contributed by atoms with van der Waals surface area (Å²) in [5.74, 6) is 0.192. The van der Waals surface area contributed by atoms with Crippen LogP contribution in [-0.2, 0) is 11.8 Å². The molecular weight excluding hydrogens is 290 g/mol. The lowest BCUT2D eigenvalue weighted by Gasteiger charge is -2.15. The van der Waals surface area contributed by atoms with Crippen molar-refractivity contribution in [2.24, 2.45) is 13.0 Å². The Hall–Kier alpha value is -2.56. The molecule has 0 spiro atoms. The maximum absolute atomic E-state index is 12.2. The van der Waals surface area contributed by atoms with Gasteiger partial charge in [0.2, 0.25) is 5.91 Å². The SMILES string of the molecule is CC(NC(=O)c1cccn1C)c1ccc(NC(=O)C2CC2)cc1. The Morgan fingerprint density at radius 3 is 2.43 bits per heavy atom. The molecule has 120 valence electrons. The fourth-order valence-corrected chi connectivity index (χ4v) is 2.50. The van der Waals surface area contributed by atoms with E-state index in [2.05, 4.69) is 10.6 Å². The van der Waals surface area contributed by atoms with E-state index in [-0.39, 0.29) is 23.8 Å². The fraction of sp³-hybridized carbons (Fsp3) is 0.333. The normalized spacial score (nSPS) is 15.0. The van der Waals surface area contributed by atoms with E-state index in [1.165, 1.54) is 0 Å².